The van der Waals surface area contributed by atoms with E-state index in [9.17, 15) is 121 Å². The minimum Gasteiger partial charge on any atom is -0.258 e. The monoisotopic (exact) mass is 934 g/mol. The average molecular weight is 934 g/mol. The number of nitrogens with zero attached hydrogens (tertiary/aromatic N) is 14. The second-order valence-electron chi connectivity index (χ2n) is 11.9. The first kappa shape index (κ1) is 47.9. The molecule has 0 bridgehead atoms. The van der Waals surface area contributed by atoms with Crippen molar-refractivity contribution in [2.24, 2.45) is 0 Å². The third-order valence-corrected chi connectivity index (χ3v) is 8.19. The molecule has 4 aromatic carbocycles. The zero-order valence-corrected chi connectivity index (χ0v) is 31.1. The molecule has 0 atom stereocenters. The van der Waals surface area contributed by atoms with Crippen LogP contribution in [-0.2, 0) is 0 Å². The lowest BCUT2D eigenvalue weighted by atomic mass is 10.1. The third-order valence-electron chi connectivity index (χ3n) is 8.19. The number of hydrogen-bond acceptors (Lipinski definition) is 28. The van der Waals surface area contributed by atoms with Crippen molar-refractivity contribution in [2.75, 3.05) is 23.1 Å². The summed E-state index contributed by atoms with van der Waals surface area (Å²) >= 11 is 0. The Labute approximate surface area is 354 Å². The molecular formula is C26H14N16O24. The molecule has 0 saturated carbocycles. The molecule has 66 heavy (non-hydrogen) atoms. The first-order valence-electron chi connectivity index (χ1n) is 16.2. The van der Waals surface area contributed by atoms with Gasteiger partial charge in [-0.2, -0.15) is 0 Å². The fourth-order valence-corrected chi connectivity index (χ4v) is 5.69. The van der Waals surface area contributed by atoms with Crippen LogP contribution in [0.25, 0.3) is 0 Å². The average Bonchev–Trinajstić information content (AvgIpc) is 3.22. The van der Waals surface area contributed by atoms with Gasteiger partial charge in [-0.3, -0.25) is 131 Å². The lowest BCUT2D eigenvalue weighted by molar-refractivity contribution is -0.403. The van der Waals surface area contributed by atoms with Gasteiger partial charge in [0.05, 0.1) is 108 Å². The van der Waals surface area contributed by atoms with Crippen molar-refractivity contribution in [1.29, 1.82) is 0 Å². The summed E-state index contributed by atoms with van der Waals surface area (Å²) in [6.07, 6.45) is 0. The van der Waals surface area contributed by atoms with Crippen LogP contribution in [0.5, 0.6) is 0 Å². The molecule has 40 nitrogen and oxygen atoms in total. The van der Waals surface area contributed by atoms with E-state index in [2.05, 4.69) is 0 Å². The van der Waals surface area contributed by atoms with Gasteiger partial charge in [0.2, 0.25) is 22.7 Å². The van der Waals surface area contributed by atoms with Gasteiger partial charge in [-0.05, 0) is 0 Å². The highest BCUT2D eigenvalue weighted by Gasteiger charge is 2.44. The molecule has 4 rings (SSSR count). The molecule has 0 aliphatic rings. The molecule has 0 aliphatic carbocycles. The van der Waals surface area contributed by atoms with E-state index >= 15 is 0 Å². The minimum atomic E-state index is -1.74. The van der Waals surface area contributed by atoms with Crippen molar-refractivity contribution in [3.63, 3.8) is 0 Å². The van der Waals surface area contributed by atoms with Gasteiger partial charge in [-0.1, -0.05) is 0 Å². The Hall–Kier alpha value is -10.8. The summed E-state index contributed by atoms with van der Waals surface area (Å²) in [6.45, 7) is -2.67. The van der Waals surface area contributed by atoms with Crippen molar-refractivity contribution in [3.8, 4) is 0 Å². The number of nitrogens with one attached hydrogen (secondary N) is 2. The summed E-state index contributed by atoms with van der Waals surface area (Å²) in [5.41, 5.74) is -22.2. The molecule has 4 aromatic rings. The summed E-state index contributed by atoms with van der Waals surface area (Å²) in [6, 6.07) is 0.109. The number of nitro benzene ring substituents is 12. The van der Waals surface area contributed by atoms with Crippen LogP contribution in [0.3, 0.4) is 0 Å². The standard InChI is InChI=1S/C26H14N16O24/c43-31(44)11-3-15(35(51)52)23(16(4-11)36(53)54)29(24-17(37(55)56)5-12(32(45)46)6-18(24)38(57)58)27-1-2-28-30(25-19(39(59)60)7-13(33(47)48)8-20(25)40(61)62)26-21(41(63)64)9-14(34(49)50)10-22(26)42(65)66/h3-10,27-28H,1-2H2. The molecule has 0 aromatic heterocycles. The molecular weight excluding hydrogens is 920 g/mol. The van der Waals surface area contributed by atoms with Gasteiger partial charge in [-0.15, -0.1) is 0 Å². The van der Waals surface area contributed by atoms with Crippen LogP contribution < -0.4 is 20.9 Å². The second-order valence-corrected chi connectivity index (χ2v) is 11.9. The molecule has 0 saturated heterocycles. The van der Waals surface area contributed by atoms with Gasteiger partial charge < -0.3 is 0 Å². The van der Waals surface area contributed by atoms with Gasteiger partial charge in [0.25, 0.3) is 22.7 Å². The van der Waals surface area contributed by atoms with Gasteiger partial charge in [0.15, 0.2) is 0 Å². The predicted molar refractivity (Wildman–Crippen MR) is 206 cm³/mol. The fourth-order valence-electron chi connectivity index (χ4n) is 5.69. The number of non-ortho nitro benzene ring substituents is 4. The number of hydrogen-bond donors (Lipinski definition) is 2. The molecule has 0 heterocycles. The van der Waals surface area contributed by atoms with Crippen molar-refractivity contribution in [1.82, 2.24) is 10.9 Å². The largest absolute Gasteiger partial charge is 0.308 e. The predicted octanol–water partition coefficient (Wildman–Crippen LogP) is 4.57. The van der Waals surface area contributed by atoms with Gasteiger partial charge >= 0.3 is 45.5 Å². The Balaban J connectivity index is 2.14. The summed E-state index contributed by atoms with van der Waals surface area (Å²) < 4.78 is 0. The van der Waals surface area contributed by atoms with E-state index in [0.717, 1.165) is 0 Å². The van der Waals surface area contributed by atoms with Crippen molar-refractivity contribution in [2.45, 2.75) is 0 Å². The summed E-state index contributed by atoms with van der Waals surface area (Å²) in [7, 11) is 0. The molecule has 0 unspecified atom stereocenters. The number of rotatable bonds is 21. The molecule has 40 heteroatoms. The van der Waals surface area contributed by atoms with Crippen molar-refractivity contribution >= 4 is 91.0 Å². The maximum Gasteiger partial charge on any atom is 0.308 e. The first-order valence-corrected chi connectivity index (χ1v) is 16.2. The molecule has 0 spiro atoms. The van der Waals surface area contributed by atoms with Gasteiger partial charge in [0, 0.05) is 13.1 Å². The van der Waals surface area contributed by atoms with Gasteiger partial charge in [-0.25, -0.2) is 10.9 Å². The van der Waals surface area contributed by atoms with E-state index in [1.807, 2.05) is 10.9 Å². The van der Waals surface area contributed by atoms with Gasteiger partial charge in [0.1, 0.15) is 0 Å². The quantitative estimate of drug-likeness (QED) is 0.0656. The van der Waals surface area contributed by atoms with E-state index in [4.69, 9.17) is 0 Å². The van der Waals surface area contributed by atoms with Crippen molar-refractivity contribution in [3.05, 3.63) is 170 Å². The minimum absolute atomic E-state index is 0.0137. The first-order chi connectivity index (χ1) is 30.7. The summed E-state index contributed by atoms with van der Waals surface area (Å²) in [4.78, 5) is 127. The molecule has 0 aliphatic heterocycles. The van der Waals surface area contributed by atoms with Crippen LogP contribution >= 0.6 is 0 Å². The number of anilines is 4. The second kappa shape index (κ2) is 18.4. The van der Waals surface area contributed by atoms with E-state index in [0.29, 0.717) is 0 Å². The maximum absolute atomic E-state index is 12.3. The van der Waals surface area contributed by atoms with Crippen LogP contribution in [0, 0.1) is 121 Å². The Kier molecular flexibility index (Phi) is 13.4. The number of nitro groups is 12. The van der Waals surface area contributed by atoms with E-state index in [1.54, 1.807) is 0 Å². The molecule has 0 radical (unpaired) electrons. The highest BCUT2D eigenvalue weighted by atomic mass is 16.7. The molecule has 2 N–H and O–H groups in total. The van der Waals surface area contributed by atoms with E-state index in [-0.39, 0.29) is 58.5 Å². The summed E-state index contributed by atoms with van der Waals surface area (Å²) in [5.74, 6) is 0. The lowest BCUT2D eigenvalue weighted by Crippen LogP contribution is -2.44. The van der Waals surface area contributed by atoms with Crippen molar-refractivity contribution < 1.29 is 59.1 Å². The Morgan fingerprint density at radius 3 is 0.515 bits per heavy atom. The Morgan fingerprint density at radius 2 is 0.409 bits per heavy atom. The zero-order valence-electron chi connectivity index (χ0n) is 31.1. The molecule has 0 amide bonds. The highest BCUT2D eigenvalue weighted by Crippen LogP contribution is 2.51. The maximum atomic E-state index is 12.3. The Morgan fingerprint density at radius 1 is 0.273 bits per heavy atom. The number of hydrazine groups is 2. The Bertz CT molecular complexity index is 2390. The van der Waals surface area contributed by atoms with Crippen LogP contribution in [0.1, 0.15) is 0 Å². The van der Waals surface area contributed by atoms with Crippen LogP contribution in [0.15, 0.2) is 48.5 Å². The highest BCUT2D eigenvalue weighted by molar-refractivity contribution is 5.91. The lowest BCUT2D eigenvalue weighted by Gasteiger charge is -2.27. The topological polar surface area (TPSA) is 548 Å². The van der Waals surface area contributed by atoms with Crippen LogP contribution in [0.4, 0.5) is 91.0 Å². The normalized spacial score (nSPS) is 10.6. The smallest absolute Gasteiger partial charge is 0.258 e. The van der Waals surface area contributed by atoms with E-state index < -0.39 is 163 Å². The van der Waals surface area contributed by atoms with Crippen LogP contribution in [0.2, 0.25) is 0 Å². The zero-order chi connectivity index (χ0) is 49.8. The van der Waals surface area contributed by atoms with E-state index in [1.165, 1.54) is 0 Å². The fraction of sp³-hybridized carbons (Fsp3) is 0.0769. The molecule has 0 fully saturated rings. The summed E-state index contributed by atoms with van der Waals surface area (Å²) in [5, 5.41) is 145. The third kappa shape index (κ3) is 9.40. The SMILES string of the molecule is O=[N+]([O-])c1cc([N+](=O)[O-])c(N(NCCNN(c2c([N+](=O)[O-])cc([N+](=O)[O-])cc2[N+](=O)[O-])c2c([N+](=O)[O-])cc([N+](=O)[O-])cc2[N+](=O)[O-])c2c([N+](=O)[O-])cc([N+](=O)[O-])cc2[N+](=O)[O-])c([N+](=O)[O-])c1. The molecule has 342 valence electrons. The van der Waals surface area contributed by atoms with Crippen LogP contribution in [-0.4, -0.2) is 72.2 Å². The number of benzene rings is 4.